The Hall–Kier alpha value is -7.20. The van der Waals surface area contributed by atoms with Crippen molar-refractivity contribution in [3.05, 3.63) is 234 Å². The molecule has 0 fully saturated rings. The third-order valence-electron chi connectivity index (χ3n) is 15.5. The van der Waals surface area contributed by atoms with Crippen molar-refractivity contribution in [2.45, 2.75) is 111 Å². The number of fused-ring (bicyclic) bond motifs is 4. The van der Waals surface area contributed by atoms with E-state index in [0.717, 1.165) is 55.9 Å². The van der Waals surface area contributed by atoms with Gasteiger partial charge in [-0.05, 0) is 126 Å². The molecule has 1 aliphatic rings. The molecule has 0 unspecified atom stereocenters. The summed E-state index contributed by atoms with van der Waals surface area (Å²) in [7, 11) is 0. The van der Waals surface area contributed by atoms with Crippen molar-refractivity contribution in [1.82, 2.24) is 9.55 Å². The third-order valence-corrected chi connectivity index (χ3v) is 15.5. The van der Waals surface area contributed by atoms with Gasteiger partial charge in [-0.25, -0.2) is 4.98 Å². The van der Waals surface area contributed by atoms with Gasteiger partial charge in [0.1, 0.15) is 5.82 Å². The van der Waals surface area contributed by atoms with Crippen LogP contribution in [0.25, 0.3) is 49.9 Å². The molecule has 1 aliphatic heterocycles. The van der Waals surface area contributed by atoms with E-state index in [1.54, 1.807) is 0 Å². The molecule has 0 radical (unpaired) electrons. The molecule has 0 N–H and O–H groups in total. The number of nitrogens with zero attached hydrogens (tertiary/aromatic N) is 4. The quantitative estimate of drug-likeness (QED) is 0.121. The van der Waals surface area contributed by atoms with Crippen LogP contribution < -0.4 is 14.5 Å². The fourth-order valence-corrected chi connectivity index (χ4v) is 11.0. The van der Waals surface area contributed by atoms with Crippen LogP contribution in [0.4, 0.5) is 22.7 Å². The van der Waals surface area contributed by atoms with Crippen molar-refractivity contribution in [3.63, 3.8) is 0 Å². The number of anilines is 4. The second-order valence-corrected chi connectivity index (χ2v) is 23.9. The molecule has 0 atom stereocenters. The zero-order valence-corrected chi connectivity index (χ0v) is 48.8. The van der Waals surface area contributed by atoms with Gasteiger partial charge in [0.25, 0.3) is 0 Å². The molecule has 0 amide bonds. The molecular formula is C71H69N4OPt-3. The Morgan fingerprint density at radius 1 is 0.494 bits per heavy atom. The van der Waals surface area contributed by atoms with Crippen molar-refractivity contribution < 1.29 is 25.8 Å². The standard InChI is InChI=1S/C71H69N4O.Pt/c1-46(2)59-27-21-28-60(47(3)4)68(59)49-30-33-64-66(38-49)74(45-73(64)55-37-50(48-22-15-13-16-23-48)36-53(39-55)70(8,9)10)56-40-54(71(11,12)51-24-17-14-18-25-51)41-58(43-56)76-57-31-32-62-61-26-19-20-29-63(61)75(65(62)44-57)67-42-52(34-35-72-67)69(5,6)7;/h13-42,45-47H,1-12H3;/q-3;. The molecule has 8 aromatic carbocycles. The van der Waals surface area contributed by atoms with E-state index in [9.17, 15) is 0 Å². The number of rotatable bonds is 11. The third kappa shape index (κ3) is 10.2. The normalized spacial score (nSPS) is 13.0. The largest absolute Gasteiger partial charge is 0.509 e. The zero-order valence-electron chi connectivity index (χ0n) is 46.6. The van der Waals surface area contributed by atoms with Gasteiger partial charge in [-0.3, -0.25) is 0 Å². The average molecular weight is 1190 g/mol. The summed E-state index contributed by atoms with van der Waals surface area (Å²) in [4.78, 5) is 9.64. The summed E-state index contributed by atoms with van der Waals surface area (Å²) in [6.07, 6.45) is 1.92. The Labute approximate surface area is 471 Å². The fourth-order valence-electron chi connectivity index (χ4n) is 11.0. The number of para-hydroxylation sites is 1. The van der Waals surface area contributed by atoms with E-state index in [0.29, 0.717) is 23.3 Å². The predicted octanol–water partition coefficient (Wildman–Crippen LogP) is 19.5. The van der Waals surface area contributed by atoms with Crippen molar-refractivity contribution >= 4 is 44.6 Å². The Morgan fingerprint density at radius 2 is 1.17 bits per heavy atom. The number of aromatic nitrogens is 2. The monoisotopic (exact) mass is 1190 g/mol. The first-order valence-electron chi connectivity index (χ1n) is 27.0. The number of hydrogen-bond acceptors (Lipinski definition) is 4. The summed E-state index contributed by atoms with van der Waals surface area (Å²) < 4.78 is 9.34. The molecule has 77 heavy (non-hydrogen) atoms. The number of ether oxygens (including phenoxy) is 1. The second kappa shape index (κ2) is 20.6. The van der Waals surface area contributed by atoms with E-state index in [4.69, 9.17) is 9.72 Å². The van der Waals surface area contributed by atoms with Crippen LogP contribution in [0, 0.1) is 18.8 Å². The van der Waals surface area contributed by atoms with Crippen LogP contribution in [0.5, 0.6) is 11.5 Å². The summed E-state index contributed by atoms with van der Waals surface area (Å²) in [6.45, 7) is 29.7. The molecule has 5 nitrogen and oxygen atoms in total. The van der Waals surface area contributed by atoms with Gasteiger partial charge in [0.05, 0.1) is 0 Å². The topological polar surface area (TPSA) is 33.5 Å². The number of benzene rings is 8. The van der Waals surface area contributed by atoms with Gasteiger partial charge in [0.2, 0.25) is 0 Å². The zero-order chi connectivity index (χ0) is 53.3. The van der Waals surface area contributed by atoms with E-state index in [1.165, 1.54) is 50.1 Å². The van der Waals surface area contributed by atoms with Gasteiger partial charge < -0.3 is 19.1 Å². The first kappa shape index (κ1) is 53.2. The van der Waals surface area contributed by atoms with Crippen molar-refractivity contribution in [2.75, 3.05) is 9.80 Å². The first-order chi connectivity index (χ1) is 36.3. The minimum absolute atomic E-state index is 0. The molecule has 0 bridgehead atoms. The minimum Gasteiger partial charge on any atom is -0.509 e. The summed E-state index contributed by atoms with van der Waals surface area (Å²) in [5, 5.41) is 2.22. The van der Waals surface area contributed by atoms with Gasteiger partial charge in [-0.1, -0.05) is 198 Å². The van der Waals surface area contributed by atoms with Crippen LogP contribution in [-0.4, -0.2) is 9.55 Å². The second-order valence-electron chi connectivity index (χ2n) is 23.9. The summed E-state index contributed by atoms with van der Waals surface area (Å²) in [5.41, 5.74) is 17.8. The average Bonchev–Trinajstić information content (AvgIpc) is 3.98. The molecule has 2 aromatic heterocycles. The Balaban J connectivity index is 0.00000672. The first-order valence-corrected chi connectivity index (χ1v) is 27.0. The van der Waals surface area contributed by atoms with Crippen molar-refractivity contribution in [2.24, 2.45) is 0 Å². The van der Waals surface area contributed by atoms with E-state index in [1.807, 2.05) is 12.3 Å². The van der Waals surface area contributed by atoms with Crippen molar-refractivity contribution in [1.29, 1.82) is 0 Å². The predicted molar refractivity (Wildman–Crippen MR) is 319 cm³/mol. The molecule has 11 rings (SSSR count). The van der Waals surface area contributed by atoms with Gasteiger partial charge in [0.15, 0.2) is 0 Å². The van der Waals surface area contributed by atoms with Crippen LogP contribution in [0.3, 0.4) is 0 Å². The van der Waals surface area contributed by atoms with Crippen LogP contribution in [-0.2, 0) is 37.3 Å². The van der Waals surface area contributed by atoms with Crippen LogP contribution in [0.1, 0.15) is 128 Å². The van der Waals surface area contributed by atoms with E-state index in [-0.39, 0.29) is 31.9 Å². The molecule has 0 spiro atoms. The maximum atomic E-state index is 7.12. The van der Waals surface area contributed by atoms with Crippen LogP contribution in [0.15, 0.2) is 182 Å². The van der Waals surface area contributed by atoms with E-state index >= 15 is 0 Å². The van der Waals surface area contributed by atoms with Crippen LogP contribution in [0.2, 0.25) is 0 Å². The molecule has 10 aromatic rings. The molecule has 6 heteroatoms. The number of hydrogen-bond donors (Lipinski definition) is 0. The molecule has 392 valence electrons. The van der Waals surface area contributed by atoms with Crippen LogP contribution >= 0.6 is 0 Å². The SMILES string of the molecule is CC(C)c1cccc(C(C)C)c1-c1ccc2c(c1)N(c1[c-]c(Oc3[c-]c4c(cc3)c3ccccc3n4-c3cc(C(C)(C)C)ccn3)cc(C(C)(C)c3ccccc3)c1)[CH-]N2c1cc(-c2ccccc2)cc(C(C)(C)C)c1.[Pt]. The van der Waals surface area contributed by atoms with Gasteiger partial charge >= 0.3 is 0 Å². The minimum atomic E-state index is -0.412. The maximum absolute atomic E-state index is 7.12. The maximum Gasteiger partial charge on any atom is 0.135 e. The van der Waals surface area contributed by atoms with E-state index < -0.39 is 5.41 Å². The Bertz CT molecular complexity index is 3760. The Kier molecular flexibility index (Phi) is 14.3. The summed E-state index contributed by atoms with van der Waals surface area (Å²) in [6, 6.07) is 71.6. The van der Waals surface area contributed by atoms with Gasteiger partial charge in [-0.15, -0.1) is 53.6 Å². The van der Waals surface area contributed by atoms with E-state index in [2.05, 4.69) is 286 Å². The molecule has 0 saturated heterocycles. The molecular weight excluding hydrogens is 1120 g/mol. The van der Waals surface area contributed by atoms with Gasteiger partial charge in [0, 0.05) is 61.3 Å². The van der Waals surface area contributed by atoms with Crippen molar-refractivity contribution in [3.8, 4) is 39.6 Å². The number of pyridine rings is 1. The molecule has 0 aliphatic carbocycles. The molecule has 0 saturated carbocycles. The van der Waals surface area contributed by atoms with Gasteiger partial charge in [-0.2, -0.15) is 6.07 Å². The summed E-state index contributed by atoms with van der Waals surface area (Å²) >= 11 is 0. The smallest absolute Gasteiger partial charge is 0.135 e. The summed E-state index contributed by atoms with van der Waals surface area (Å²) in [5.74, 6) is 2.71. The fraction of sp³-hybridized carbons (Fsp3) is 0.239. The Morgan fingerprint density at radius 3 is 1.86 bits per heavy atom. The molecule has 3 heterocycles.